The predicted octanol–water partition coefficient (Wildman–Crippen LogP) is 4.34. The zero-order valence-electron chi connectivity index (χ0n) is 21.5. The second kappa shape index (κ2) is 11.3. The number of ether oxygens (including phenoxy) is 3. The van der Waals surface area contributed by atoms with Gasteiger partial charge < -0.3 is 24.6 Å². The normalized spacial score (nSPS) is 13.1. The van der Waals surface area contributed by atoms with E-state index in [1.54, 1.807) is 26.8 Å². The van der Waals surface area contributed by atoms with Crippen molar-refractivity contribution in [2.24, 2.45) is 0 Å². The standard InChI is InChI=1S/C29H30N2O7/c1-29(2,3)38-26(32)17-36-19-12-18(14-30-15-19)13-25(27(33)34)31-28(35)37-16-24-22-10-6-4-8-20(22)21-9-5-7-11-23(21)24/h4-12,14-15,24-25H,13,16-17H2,1-3H3,(H,31,35)(H,33,34)/t25-/m0/s1. The monoisotopic (exact) mass is 518 g/mol. The van der Waals surface area contributed by atoms with E-state index in [9.17, 15) is 19.5 Å². The molecule has 1 aromatic heterocycles. The van der Waals surface area contributed by atoms with Crippen molar-refractivity contribution in [3.05, 3.63) is 83.7 Å². The molecule has 0 spiro atoms. The number of nitrogens with zero attached hydrogens (tertiary/aromatic N) is 1. The van der Waals surface area contributed by atoms with E-state index in [4.69, 9.17) is 14.2 Å². The molecule has 9 nitrogen and oxygen atoms in total. The quantitative estimate of drug-likeness (QED) is 0.401. The highest BCUT2D eigenvalue weighted by Crippen LogP contribution is 2.44. The number of alkyl carbamates (subject to hydrolysis) is 1. The Kier molecular flexibility index (Phi) is 7.95. The second-order valence-corrected chi connectivity index (χ2v) is 9.97. The maximum absolute atomic E-state index is 12.6. The van der Waals surface area contributed by atoms with E-state index in [0.717, 1.165) is 22.3 Å². The summed E-state index contributed by atoms with van der Waals surface area (Å²) in [5.41, 5.74) is 4.18. The molecule has 1 aliphatic carbocycles. The molecule has 0 aliphatic heterocycles. The number of pyridine rings is 1. The first-order valence-electron chi connectivity index (χ1n) is 12.2. The first kappa shape index (κ1) is 26.7. The summed E-state index contributed by atoms with van der Waals surface area (Å²) in [5.74, 6) is -1.63. The zero-order chi connectivity index (χ0) is 27.3. The van der Waals surface area contributed by atoms with Crippen molar-refractivity contribution in [2.75, 3.05) is 13.2 Å². The van der Waals surface area contributed by atoms with Gasteiger partial charge in [0.2, 0.25) is 0 Å². The molecule has 38 heavy (non-hydrogen) atoms. The minimum atomic E-state index is -1.26. The number of carbonyl (C=O) groups excluding carboxylic acids is 2. The molecule has 1 heterocycles. The summed E-state index contributed by atoms with van der Waals surface area (Å²) in [5, 5.41) is 12.1. The Hall–Kier alpha value is -4.40. The number of hydrogen-bond acceptors (Lipinski definition) is 7. The van der Waals surface area contributed by atoms with Gasteiger partial charge >= 0.3 is 18.0 Å². The zero-order valence-corrected chi connectivity index (χ0v) is 21.5. The number of carboxylic acids is 1. The van der Waals surface area contributed by atoms with E-state index in [0.29, 0.717) is 5.56 Å². The fourth-order valence-corrected chi connectivity index (χ4v) is 4.39. The van der Waals surface area contributed by atoms with Crippen LogP contribution < -0.4 is 10.1 Å². The number of aliphatic carboxylic acids is 1. The van der Waals surface area contributed by atoms with Gasteiger partial charge in [0.1, 0.15) is 24.0 Å². The van der Waals surface area contributed by atoms with Crippen LogP contribution in [0.4, 0.5) is 4.79 Å². The van der Waals surface area contributed by atoms with Gasteiger partial charge in [0.05, 0.1) is 6.20 Å². The molecule has 3 aromatic rings. The number of hydrogen-bond donors (Lipinski definition) is 2. The maximum atomic E-state index is 12.6. The van der Waals surface area contributed by atoms with Gasteiger partial charge in [-0.3, -0.25) is 4.98 Å². The van der Waals surface area contributed by atoms with Gasteiger partial charge in [-0.25, -0.2) is 14.4 Å². The molecule has 2 N–H and O–H groups in total. The highest BCUT2D eigenvalue weighted by atomic mass is 16.6. The molecule has 1 amide bonds. The smallest absolute Gasteiger partial charge is 0.407 e. The molecule has 198 valence electrons. The topological polar surface area (TPSA) is 124 Å². The van der Waals surface area contributed by atoms with E-state index in [1.807, 2.05) is 48.5 Å². The number of carboxylic acid groups (broad SMARTS) is 1. The van der Waals surface area contributed by atoms with Crippen LogP contribution in [0, 0.1) is 0 Å². The van der Waals surface area contributed by atoms with Gasteiger partial charge in [-0.1, -0.05) is 48.5 Å². The van der Waals surface area contributed by atoms with Crippen molar-refractivity contribution in [1.82, 2.24) is 10.3 Å². The van der Waals surface area contributed by atoms with E-state index >= 15 is 0 Å². The first-order valence-corrected chi connectivity index (χ1v) is 12.2. The molecule has 4 rings (SSSR count). The molecule has 0 radical (unpaired) electrons. The molecule has 1 atom stereocenters. The summed E-state index contributed by atoms with van der Waals surface area (Å²) in [6.07, 6.45) is 1.98. The van der Waals surface area contributed by atoms with E-state index in [-0.39, 0.29) is 31.3 Å². The average molecular weight is 519 g/mol. The summed E-state index contributed by atoms with van der Waals surface area (Å²) < 4.78 is 16.1. The number of fused-ring (bicyclic) bond motifs is 3. The Morgan fingerprint density at radius 1 is 1.00 bits per heavy atom. The molecule has 0 fully saturated rings. The van der Waals surface area contributed by atoms with Gasteiger partial charge in [0, 0.05) is 18.5 Å². The lowest BCUT2D eigenvalue weighted by atomic mass is 9.98. The predicted molar refractivity (Wildman–Crippen MR) is 139 cm³/mol. The fraction of sp³-hybridized carbons (Fsp3) is 0.310. The molecule has 0 unspecified atom stereocenters. The Morgan fingerprint density at radius 2 is 1.63 bits per heavy atom. The van der Waals surface area contributed by atoms with Gasteiger partial charge in [0.15, 0.2) is 6.61 Å². The van der Waals surface area contributed by atoms with E-state index in [1.165, 1.54) is 12.4 Å². The van der Waals surface area contributed by atoms with Crippen LogP contribution in [-0.2, 0) is 25.5 Å². The Balaban J connectivity index is 1.35. The molecule has 0 saturated heterocycles. The second-order valence-electron chi connectivity index (χ2n) is 9.97. The number of esters is 1. The van der Waals surface area contributed by atoms with Crippen LogP contribution in [0.15, 0.2) is 67.0 Å². The number of carbonyl (C=O) groups is 3. The summed E-state index contributed by atoms with van der Waals surface area (Å²) in [7, 11) is 0. The average Bonchev–Trinajstić information content (AvgIpc) is 3.19. The van der Waals surface area contributed by atoms with Gasteiger partial charge in [0.25, 0.3) is 0 Å². The van der Waals surface area contributed by atoms with E-state index in [2.05, 4.69) is 10.3 Å². The lowest BCUT2D eigenvalue weighted by Crippen LogP contribution is -2.43. The molecular formula is C29H30N2O7. The molecule has 9 heteroatoms. The van der Waals surface area contributed by atoms with Gasteiger partial charge in [-0.15, -0.1) is 0 Å². The minimum absolute atomic E-state index is 0.0594. The van der Waals surface area contributed by atoms with Crippen molar-refractivity contribution in [3.63, 3.8) is 0 Å². The fourth-order valence-electron chi connectivity index (χ4n) is 4.39. The number of nitrogens with one attached hydrogen (secondary N) is 1. The third kappa shape index (κ3) is 6.67. The third-order valence-electron chi connectivity index (χ3n) is 5.92. The Labute approximate surface area is 220 Å². The molecule has 0 bridgehead atoms. The van der Waals surface area contributed by atoms with E-state index < -0.39 is 29.7 Å². The number of benzene rings is 2. The van der Waals surface area contributed by atoms with Crippen LogP contribution >= 0.6 is 0 Å². The number of aromatic nitrogens is 1. The van der Waals surface area contributed by atoms with Crippen LogP contribution in [0.2, 0.25) is 0 Å². The van der Waals surface area contributed by atoms with Crippen LogP contribution in [0.5, 0.6) is 5.75 Å². The molecule has 0 saturated carbocycles. The van der Waals surface area contributed by atoms with Crippen LogP contribution in [0.3, 0.4) is 0 Å². The highest BCUT2D eigenvalue weighted by Gasteiger charge is 2.30. The van der Waals surface area contributed by atoms with Crippen molar-refractivity contribution in [1.29, 1.82) is 0 Å². The third-order valence-corrected chi connectivity index (χ3v) is 5.92. The van der Waals surface area contributed by atoms with Crippen LogP contribution in [0.25, 0.3) is 11.1 Å². The minimum Gasteiger partial charge on any atom is -0.480 e. The largest absolute Gasteiger partial charge is 0.480 e. The summed E-state index contributed by atoms with van der Waals surface area (Å²) >= 11 is 0. The Morgan fingerprint density at radius 3 is 2.24 bits per heavy atom. The van der Waals surface area contributed by atoms with Crippen LogP contribution in [0.1, 0.15) is 43.4 Å². The van der Waals surface area contributed by atoms with Gasteiger partial charge in [-0.2, -0.15) is 0 Å². The molecule has 1 aliphatic rings. The summed E-state index contributed by atoms with van der Waals surface area (Å²) in [4.78, 5) is 40.4. The van der Waals surface area contributed by atoms with Crippen molar-refractivity contribution >= 4 is 18.0 Å². The van der Waals surface area contributed by atoms with Crippen molar-refractivity contribution in [3.8, 4) is 16.9 Å². The first-order chi connectivity index (χ1) is 18.1. The number of rotatable bonds is 9. The lowest BCUT2D eigenvalue weighted by Gasteiger charge is -2.19. The Bertz CT molecular complexity index is 1290. The SMILES string of the molecule is CC(C)(C)OC(=O)COc1cncc(C[C@H](NC(=O)OCC2c3ccccc3-c3ccccc32)C(=O)O)c1. The van der Waals surface area contributed by atoms with Crippen LogP contribution in [-0.4, -0.2) is 53.0 Å². The molecular weight excluding hydrogens is 488 g/mol. The summed E-state index contributed by atoms with van der Waals surface area (Å²) in [6, 6.07) is 16.2. The lowest BCUT2D eigenvalue weighted by molar-refractivity contribution is -0.157. The number of amides is 1. The molecule has 2 aromatic carbocycles. The van der Waals surface area contributed by atoms with Gasteiger partial charge in [-0.05, 0) is 54.7 Å². The summed E-state index contributed by atoms with van der Waals surface area (Å²) in [6.45, 7) is 5.01. The maximum Gasteiger partial charge on any atom is 0.407 e. The highest BCUT2D eigenvalue weighted by molar-refractivity contribution is 5.81. The van der Waals surface area contributed by atoms with Crippen molar-refractivity contribution < 1.29 is 33.7 Å². The van der Waals surface area contributed by atoms with Crippen molar-refractivity contribution in [2.45, 2.75) is 44.8 Å².